The molecule has 6 heteroatoms. The molecule has 0 radical (unpaired) electrons. The second-order valence-corrected chi connectivity index (χ2v) is 9.26. The van der Waals surface area contributed by atoms with Gasteiger partial charge >= 0.3 is 0 Å². The van der Waals surface area contributed by atoms with E-state index in [1.807, 2.05) is 60.4 Å². The van der Waals surface area contributed by atoms with Gasteiger partial charge in [0.2, 0.25) is 5.95 Å². The summed E-state index contributed by atoms with van der Waals surface area (Å²) >= 11 is 0. The minimum Gasteiger partial charge on any atom is -0.342 e. The number of nitriles is 1. The van der Waals surface area contributed by atoms with Gasteiger partial charge in [0.15, 0.2) is 0 Å². The number of carbonyl (C=O) groups is 1. The van der Waals surface area contributed by atoms with Crippen molar-refractivity contribution in [1.29, 1.82) is 5.26 Å². The van der Waals surface area contributed by atoms with Crippen LogP contribution >= 0.6 is 0 Å². The third-order valence-electron chi connectivity index (χ3n) is 7.36. The monoisotopic (exact) mass is 427 g/mol. The highest BCUT2D eigenvalue weighted by atomic mass is 16.2. The molecular weight excluding hydrogens is 398 g/mol. The average molecular weight is 428 g/mol. The zero-order chi connectivity index (χ0) is 22.3. The van der Waals surface area contributed by atoms with Gasteiger partial charge in [-0.05, 0) is 45.2 Å². The van der Waals surface area contributed by atoms with E-state index in [9.17, 15) is 10.1 Å². The minimum atomic E-state index is -0.509. The van der Waals surface area contributed by atoms with Gasteiger partial charge in [-0.25, -0.2) is 4.98 Å². The fourth-order valence-electron chi connectivity index (χ4n) is 5.32. The molecule has 32 heavy (non-hydrogen) atoms. The number of nitrogens with zero attached hydrogens (tertiary/aromatic N) is 4. The number of benzene rings is 1. The Bertz CT molecular complexity index is 1130. The maximum Gasteiger partial charge on any atom is 0.254 e. The van der Waals surface area contributed by atoms with E-state index < -0.39 is 5.41 Å². The molecule has 3 unspecified atom stereocenters. The number of H-pyrrole nitrogens is 1. The smallest absolute Gasteiger partial charge is 0.254 e. The predicted molar refractivity (Wildman–Crippen MR) is 125 cm³/mol. The van der Waals surface area contributed by atoms with Crippen LogP contribution in [0.1, 0.15) is 42.2 Å². The number of nitrogens with one attached hydrogen (secondary N) is 1. The molecule has 3 heterocycles. The summed E-state index contributed by atoms with van der Waals surface area (Å²) in [6.45, 7) is 6.77. The molecule has 5 rings (SSSR count). The van der Waals surface area contributed by atoms with Gasteiger partial charge < -0.3 is 14.8 Å². The van der Waals surface area contributed by atoms with Crippen LogP contribution in [0, 0.1) is 29.6 Å². The summed E-state index contributed by atoms with van der Waals surface area (Å²) in [5, 5.41) is 9.85. The maximum atomic E-state index is 13.3. The van der Waals surface area contributed by atoms with Crippen molar-refractivity contribution >= 4 is 11.9 Å². The normalized spacial score (nSPS) is 26.8. The third kappa shape index (κ3) is 3.33. The molecule has 2 fully saturated rings. The molecule has 2 aliphatic heterocycles. The quantitative estimate of drug-likeness (QED) is 0.781. The molecule has 2 saturated heterocycles. The topological polar surface area (TPSA) is 76.0 Å². The first-order valence-electron chi connectivity index (χ1n) is 11.5. The molecule has 0 saturated carbocycles. The van der Waals surface area contributed by atoms with Gasteiger partial charge in [0.05, 0.1) is 17.2 Å². The van der Waals surface area contributed by atoms with Gasteiger partial charge in [0.1, 0.15) is 0 Å². The molecule has 0 bridgehead atoms. The lowest BCUT2D eigenvalue weighted by Gasteiger charge is -2.52. The second kappa shape index (κ2) is 7.98. The van der Waals surface area contributed by atoms with Crippen molar-refractivity contribution < 1.29 is 4.79 Å². The highest BCUT2D eigenvalue weighted by molar-refractivity contribution is 5.96. The number of aromatic nitrogens is 2. The predicted octanol–water partition coefficient (Wildman–Crippen LogP) is 4.47. The molecule has 3 aliphatic rings. The summed E-state index contributed by atoms with van der Waals surface area (Å²) in [5.74, 6) is 1.09. The van der Waals surface area contributed by atoms with Crippen LogP contribution in [-0.4, -0.2) is 46.5 Å². The number of anilines is 1. The summed E-state index contributed by atoms with van der Waals surface area (Å²) < 4.78 is 0. The van der Waals surface area contributed by atoms with Crippen molar-refractivity contribution in [3.05, 3.63) is 59.8 Å². The fourth-order valence-corrected chi connectivity index (χ4v) is 5.32. The first-order valence-corrected chi connectivity index (χ1v) is 11.5. The Morgan fingerprint density at radius 2 is 2.09 bits per heavy atom. The summed E-state index contributed by atoms with van der Waals surface area (Å²) in [6.07, 6.45) is 11.1. The van der Waals surface area contributed by atoms with Crippen LogP contribution in [0.5, 0.6) is 0 Å². The number of hydrogen-bond acceptors (Lipinski definition) is 4. The Kier molecular flexibility index (Phi) is 5.13. The maximum absolute atomic E-state index is 13.3. The summed E-state index contributed by atoms with van der Waals surface area (Å²) in [5.41, 5.74) is 3.03. The molecule has 1 N–H and O–H groups in total. The lowest BCUT2D eigenvalue weighted by atomic mass is 9.65. The highest BCUT2D eigenvalue weighted by Crippen LogP contribution is 2.45. The van der Waals surface area contributed by atoms with E-state index in [4.69, 9.17) is 4.98 Å². The number of allylic oxidation sites excluding steroid dienone is 4. The van der Waals surface area contributed by atoms with Crippen LogP contribution in [0.4, 0.5) is 5.95 Å². The summed E-state index contributed by atoms with van der Waals surface area (Å²) in [6, 6.07) is 10.3. The van der Waals surface area contributed by atoms with Gasteiger partial charge in [-0.2, -0.15) is 5.26 Å². The molecule has 164 valence electrons. The lowest BCUT2D eigenvalue weighted by Crippen LogP contribution is -2.62. The molecule has 1 aromatic heterocycles. The van der Waals surface area contributed by atoms with Crippen LogP contribution in [0.15, 0.2) is 48.6 Å². The fraction of sp³-hybridized carbons (Fsp3) is 0.423. The number of hydrogen-bond donors (Lipinski definition) is 1. The van der Waals surface area contributed by atoms with Crippen LogP contribution in [0.2, 0.25) is 0 Å². The minimum absolute atomic E-state index is 0.0203. The van der Waals surface area contributed by atoms with Gasteiger partial charge in [-0.15, -0.1) is 0 Å². The van der Waals surface area contributed by atoms with Crippen molar-refractivity contribution in [2.24, 2.45) is 11.3 Å². The van der Waals surface area contributed by atoms with Crippen LogP contribution < -0.4 is 4.90 Å². The summed E-state index contributed by atoms with van der Waals surface area (Å²) in [7, 11) is 0. The van der Waals surface area contributed by atoms with E-state index in [0.29, 0.717) is 18.5 Å². The molecule has 1 aromatic carbocycles. The van der Waals surface area contributed by atoms with Crippen molar-refractivity contribution in [1.82, 2.24) is 14.9 Å². The SMILES string of the molecule is Cc1[nH]c(N2CCCC2)nc1-c1cccc(C(=O)N2CC(C3(C#N)C=CC=CC3)C2C)c1. The first kappa shape index (κ1) is 20.6. The zero-order valence-electron chi connectivity index (χ0n) is 18.7. The van der Waals surface area contributed by atoms with E-state index in [1.165, 1.54) is 12.8 Å². The van der Waals surface area contributed by atoms with E-state index >= 15 is 0 Å². The van der Waals surface area contributed by atoms with E-state index in [-0.39, 0.29) is 17.9 Å². The van der Waals surface area contributed by atoms with Crippen molar-refractivity contribution in [2.45, 2.75) is 39.2 Å². The van der Waals surface area contributed by atoms with Crippen molar-refractivity contribution in [2.75, 3.05) is 24.5 Å². The van der Waals surface area contributed by atoms with E-state index in [0.717, 1.165) is 36.0 Å². The molecule has 6 nitrogen and oxygen atoms in total. The Labute approximate surface area is 189 Å². The van der Waals surface area contributed by atoms with Gasteiger partial charge in [0.25, 0.3) is 5.91 Å². The molecular formula is C26H29N5O. The molecule has 2 aromatic rings. The van der Waals surface area contributed by atoms with Crippen LogP contribution in [0.3, 0.4) is 0 Å². The van der Waals surface area contributed by atoms with E-state index in [2.05, 4.69) is 22.9 Å². The highest BCUT2D eigenvalue weighted by Gasteiger charge is 2.50. The van der Waals surface area contributed by atoms with Crippen LogP contribution in [0.25, 0.3) is 11.3 Å². The molecule has 1 aliphatic carbocycles. The number of aryl methyl sites for hydroxylation is 1. The van der Waals surface area contributed by atoms with Crippen molar-refractivity contribution in [3.8, 4) is 17.3 Å². The molecule has 0 spiro atoms. The number of carbonyl (C=O) groups excluding carboxylic acids is 1. The lowest BCUT2D eigenvalue weighted by molar-refractivity contribution is -0.00640. The Morgan fingerprint density at radius 1 is 1.28 bits per heavy atom. The number of likely N-dealkylation sites (tertiary alicyclic amines) is 1. The Morgan fingerprint density at radius 3 is 2.78 bits per heavy atom. The van der Waals surface area contributed by atoms with Gasteiger partial charge in [-0.1, -0.05) is 36.4 Å². The largest absolute Gasteiger partial charge is 0.342 e. The number of aromatic amines is 1. The first-order chi connectivity index (χ1) is 15.5. The summed E-state index contributed by atoms with van der Waals surface area (Å²) in [4.78, 5) is 25.8. The standard InChI is InChI=1S/C26H29N5O/c1-18-23(29-25(28-18)30-13-6-7-14-30)20-9-8-10-21(15-20)24(32)31-16-22(19(31)2)26(17-27)11-4-3-5-12-26/h3-5,8-11,15,19,22H,6-7,12-14,16H2,1-2H3,(H,28,29). The Balaban J connectivity index is 1.34. The van der Waals surface area contributed by atoms with Crippen LogP contribution in [-0.2, 0) is 0 Å². The molecule has 3 atom stereocenters. The molecule has 1 amide bonds. The number of rotatable bonds is 4. The number of amides is 1. The Hall–Kier alpha value is -3.33. The third-order valence-corrected chi connectivity index (χ3v) is 7.36. The zero-order valence-corrected chi connectivity index (χ0v) is 18.7. The second-order valence-electron chi connectivity index (χ2n) is 9.26. The van der Waals surface area contributed by atoms with Gasteiger partial charge in [-0.3, -0.25) is 4.79 Å². The average Bonchev–Trinajstić information content (AvgIpc) is 3.48. The van der Waals surface area contributed by atoms with Crippen molar-refractivity contribution in [3.63, 3.8) is 0 Å². The number of imidazole rings is 1. The van der Waals surface area contributed by atoms with E-state index in [1.54, 1.807) is 0 Å². The van der Waals surface area contributed by atoms with Gasteiger partial charge in [0, 0.05) is 48.4 Å².